The molecule has 0 bridgehead atoms. The van der Waals surface area contributed by atoms with E-state index in [1.165, 1.54) is 4.90 Å². The fourth-order valence-electron chi connectivity index (χ4n) is 8.39. The zero-order valence-electron chi connectivity index (χ0n) is 39.7. The van der Waals surface area contributed by atoms with Crippen LogP contribution in [0.4, 0.5) is 0 Å². The molecule has 4 amide bonds. The molecule has 3 aromatic heterocycles. The number of carbonyl (C=O) groups is 4. The minimum atomic E-state index is -0.984. The van der Waals surface area contributed by atoms with Gasteiger partial charge in [-0.1, -0.05) is 68.8 Å². The number of ether oxygens (including phenoxy) is 2. The normalized spacial score (nSPS) is 17.7. The number of nitrogens with zero attached hydrogens (tertiary/aromatic N) is 6. The molecule has 2 aliphatic rings. The SMILES string of the molecule is Cc1ncsc1-c1ccc([C@H](C)NC(=O)[C@@H]2C[C@@H](O)CN2C(=O)C(NC(=O)COCCCOCCNC(=O)C[C@@H]2N=C(c3ccc(Cl)cc3)c3c(sc(C)c3C)-n3c(C)nnc32)C(C)(C)C)cc1. The summed E-state index contributed by atoms with van der Waals surface area (Å²) in [5.74, 6) is -0.217. The number of amides is 4. The Bertz CT molecular complexity index is 2640. The summed E-state index contributed by atoms with van der Waals surface area (Å²) in [6.07, 6.45) is -0.264. The van der Waals surface area contributed by atoms with Crippen LogP contribution in [0.1, 0.15) is 104 Å². The Hall–Kier alpha value is -5.37. The number of aliphatic hydroxyl groups is 1. The van der Waals surface area contributed by atoms with E-state index in [9.17, 15) is 24.3 Å². The molecule has 1 saturated heterocycles. The van der Waals surface area contributed by atoms with Gasteiger partial charge in [-0.2, -0.15) is 0 Å². The Morgan fingerprint density at radius 1 is 0.926 bits per heavy atom. The van der Waals surface area contributed by atoms with Crippen molar-refractivity contribution in [2.45, 2.75) is 105 Å². The van der Waals surface area contributed by atoms with Crippen LogP contribution in [0.2, 0.25) is 5.02 Å². The smallest absolute Gasteiger partial charge is 0.246 e. The number of carbonyl (C=O) groups excluding carboxylic acids is 4. The second-order valence-electron chi connectivity index (χ2n) is 18.4. The molecule has 19 heteroatoms. The number of benzene rings is 2. The van der Waals surface area contributed by atoms with Crippen LogP contribution in [0.25, 0.3) is 15.4 Å². The van der Waals surface area contributed by atoms with Gasteiger partial charge in [0.2, 0.25) is 23.6 Å². The Labute approximate surface area is 409 Å². The lowest BCUT2D eigenvalue weighted by molar-refractivity contribution is -0.144. The monoisotopic (exact) mass is 985 g/mol. The van der Waals surface area contributed by atoms with E-state index in [1.807, 2.05) is 100 Å². The van der Waals surface area contributed by atoms with Gasteiger partial charge in [-0.3, -0.25) is 28.7 Å². The Morgan fingerprint density at radius 2 is 1.63 bits per heavy atom. The van der Waals surface area contributed by atoms with E-state index < -0.39 is 41.5 Å². The molecule has 5 atom stereocenters. The van der Waals surface area contributed by atoms with E-state index in [-0.39, 0.29) is 63.6 Å². The van der Waals surface area contributed by atoms with Crippen molar-refractivity contribution in [2.24, 2.45) is 10.4 Å². The van der Waals surface area contributed by atoms with Crippen LogP contribution in [0.3, 0.4) is 0 Å². The largest absolute Gasteiger partial charge is 0.391 e. The molecule has 2 aliphatic heterocycles. The second-order valence-corrected chi connectivity index (χ2v) is 20.9. The van der Waals surface area contributed by atoms with Crippen LogP contribution < -0.4 is 16.0 Å². The van der Waals surface area contributed by atoms with Crippen LogP contribution in [-0.2, 0) is 28.7 Å². The maximum absolute atomic E-state index is 14.1. The summed E-state index contributed by atoms with van der Waals surface area (Å²) >= 11 is 9.45. The number of aliphatic hydroxyl groups excluding tert-OH is 1. The first-order valence-corrected chi connectivity index (χ1v) is 24.9. The van der Waals surface area contributed by atoms with Crippen LogP contribution in [0, 0.1) is 33.1 Å². The van der Waals surface area contributed by atoms with Gasteiger partial charge in [0.05, 0.1) is 47.0 Å². The minimum absolute atomic E-state index is 0.0302. The summed E-state index contributed by atoms with van der Waals surface area (Å²) in [6, 6.07) is 12.6. The average molecular weight is 987 g/mol. The molecule has 4 N–H and O–H groups in total. The fraction of sp³-hybridized carbons (Fsp3) is 0.469. The number of hydrogen-bond acceptors (Lipinski definition) is 13. The third kappa shape index (κ3) is 11.7. The van der Waals surface area contributed by atoms with Gasteiger partial charge in [0, 0.05) is 53.8 Å². The number of aryl methyl sites for hydroxylation is 3. The molecule has 0 saturated carbocycles. The van der Waals surface area contributed by atoms with Gasteiger partial charge >= 0.3 is 0 Å². The molecule has 1 unspecified atom stereocenters. The van der Waals surface area contributed by atoms with Crippen molar-refractivity contribution < 1.29 is 33.8 Å². The number of halogens is 1. The van der Waals surface area contributed by atoms with Crippen molar-refractivity contribution in [3.8, 4) is 15.4 Å². The second kappa shape index (κ2) is 21.9. The molecule has 1 fully saturated rings. The highest BCUT2D eigenvalue weighted by molar-refractivity contribution is 7.15. The van der Waals surface area contributed by atoms with Gasteiger partial charge in [0.25, 0.3) is 0 Å². The first-order valence-electron chi connectivity index (χ1n) is 22.8. The van der Waals surface area contributed by atoms with Gasteiger partial charge in [0.1, 0.15) is 35.6 Å². The van der Waals surface area contributed by atoms with Gasteiger partial charge in [-0.25, -0.2) is 4.98 Å². The number of likely N-dealkylation sites (tertiary alicyclic amines) is 1. The van der Waals surface area contributed by atoms with Crippen LogP contribution in [0.5, 0.6) is 0 Å². The lowest BCUT2D eigenvalue weighted by Crippen LogP contribution is -2.58. The fourth-order valence-corrected chi connectivity index (χ4v) is 10.5. The van der Waals surface area contributed by atoms with Gasteiger partial charge in [-0.05, 0) is 75.3 Å². The molecular formula is C49H60ClN9O7S2. The number of thiazole rings is 1. The lowest BCUT2D eigenvalue weighted by atomic mass is 9.85. The maximum Gasteiger partial charge on any atom is 0.246 e. The topological polar surface area (TPSA) is 202 Å². The first-order chi connectivity index (χ1) is 32.4. The lowest BCUT2D eigenvalue weighted by Gasteiger charge is -2.35. The third-order valence-electron chi connectivity index (χ3n) is 12.2. The van der Waals surface area contributed by atoms with Crippen molar-refractivity contribution >= 4 is 63.6 Å². The molecule has 0 aliphatic carbocycles. The minimum Gasteiger partial charge on any atom is -0.391 e. The van der Waals surface area contributed by atoms with Gasteiger partial charge in [0.15, 0.2) is 5.82 Å². The zero-order valence-corrected chi connectivity index (χ0v) is 42.1. The maximum atomic E-state index is 14.1. The van der Waals surface area contributed by atoms with Crippen LogP contribution >= 0.6 is 34.3 Å². The molecule has 68 heavy (non-hydrogen) atoms. The molecular weight excluding hydrogens is 926 g/mol. The first kappa shape index (κ1) is 50.5. The zero-order chi connectivity index (χ0) is 48.9. The van der Waals surface area contributed by atoms with E-state index in [4.69, 9.17) is 26.1 Å². The standard InChI is InChI=1S/C49H60ClN9O7S2/c1-27-30(4)68-48-41(27)42(33-14-16-35(50)17-15-33)54-37(45-57-56-31(5)59(45)48)23-39(61)51-18-21-65-19-9-20-66-25-40(62)55-44(49(6,7)8)47(64)58-24-36(60)22-38(58)46(63)53-28(2)32-10-12-34(13-11-32)43-29(3)52-26-67-43/h10-17,26,28,36-38,44,60H,9,18-25H2,1-8H3,(H,51,61)(H,53,63)(H,55,62)/t28-,36+,37-,38-,44?/m0/s1. The summed E-state index contributed by atoms with van der Waals surface area (Å²) in [6.45, 7) is 16.2. The Kier molecular flexibility index (Phi) is 16.3. The molecule has 16 nitrogen and oxygen atoms in total. The number of thiophene rings is 1. The summed E-state index contributed by atoms with van der Waals surface area (Å²) in [5.41, 5.74) is 7.76. The van der Waals surface area contributed by atoms with Gasteiger partial charge in [-0.15, -0.1) is 32.9 Å². The number of hydrogen-bond donors (Lipinski definition) is 4. The van der Waals surface area contributed by atoms with Crippen molar-refractivity contribution in [1.29, 1.82) is 0 Å². The predicted molar refractivity (Wildman–Crippen MR) is 264 cm³/mol. The van der Waals surface area contributed by atoms with Crippen molar-refractivity contribution in [1.82, 2.24) is 40.6 Å². The highest BCUT2D eigenvalue weighted by Gasteiger charge is 2.45. The Balaban J connectivity index is 0.840. The van der Waals surface area contributed by atoms with E-state index in [0.29, 0.717) is 29.7 Å². The van der Waals surface area contributed by atoms with E-state index in [1.54, 1.807) is 22.7 Å². The number of fused-ring (bicyclic) bond motifs is 3. The molecule has 5 aromatic rings. The van der Waals surface area contributed by atoms with E-state index in [2.05, 4.69) is 45.0 Å². The third-order valence-corrected chi connectivity index (χ3v) is 14.6. The van der Waals surface area contributed by atoms with Crippen molar-refractivity contribution in [3.05, 3.63) is 104 Å². The summed E-state index contributed by atoms with van der Waals surface area (Å²) in [7, 11) is 0. The number of rotatable bonds is 18. The molecule has 362 valence electrons. The molecule has 0 radical (unpaired) electrons. The summed E-state index contributed by atoms with van der Waals surface area (Å²) in [5, 5.41) is 29.9. The van der Waals surface area contributed by atoms with Crippen molar-refractivity contribution in [2.75, 3.05) is 39.5 Å². The summed E-state index contributed by atoms with van der Waals surface area (Å²) in [4.78, 5) is 67.3. The highest BCUT2D eigenvalue weighted by Crippen LogP contribution is 2.40. The van der Waals surface area contributed by atoms with Crippen LogP contribution in [-0.4, -0.2) is 117 Å². The quantitative estimate of drug-likeness (QED) is 0.0700. The molecule has 0 spiro atoms. The Morgan fingerprint density at radius 3 is 2.32 bits per heavy atom. The van der Waals surface area contributed by atoms with Crippen LogP contribution in [0.15, 0.2) is 59.0 Å². The average Bonchev–Trinajstić information content (AvgIpc) is 4.07. The number of aliphatic imine (C=N–C) groups is 1. The summed E-state index contributed by atoms with van der Waals surface area (Å²) < 4.78 is 13.4. The highest BCUT2D eigenvalue weighted by atomic mass is 35.5. The predicted octanol–water partition coefficient (Wildman–Crippen LogP) is 6.53. The molecule has 2 aromatic carbocycles. The molecule has 5 heterocycles. The number of nitrogens with one attached hydrogen (secondary N) is 3. The van der Waals surface area contributed by atoms with E-state index in [0.717, 1.165) is 54.0 Å². The number of aromatic nitrogens is 4. The van der Waals surface area contributed by atoms with Crippen molar-refractivity contribution in [3.63, 3.8) is 0 Å². The van der Waals surface area contributed by atoms with Gasteiger partial charge < -0.3 is 35.4 Å². The molecule has 7 rings (SSSR count). The number of β-amino-alcohol motifs (C(OH)–C–C–N with tert-alkyl or cyclic N) is 1. The van der Waals surface area contributed by atoms with E-state index >= 15 is 0 Å².